The fourth-order valence-corrected chi connectivity index (χ4v) is 3.46. The third kappa shape index (κ3) is 4.20. The van der Waals surface area contributed by atoms with Gasteiger partial charge >= 0.3 is 0 Å². The molecule has 0 aromatic heterocycles. The van der Waals surface area contributed by atoms with E-state index < -0.39 is 9.04 Å². The summed E-state index contributed by atoms with van der Waals surface area (Å²) in [5.74, 6) is 0.601. The molecule has 4 heteroatoms. The maximum atomic E-state index is 13.7. The second-order valence-corrected chi connectivity index (χ2v) is 10.0. The molecule has 0 unspecified atom stereocenters. The lowest BCUT2D eigenvalue weighted by Crippen LogP contribution is -2.15. The van der Waals surface area contributed by atoms with Gasteiger partial charge in [0.05, 0.1) is 0 Å². The number of benzene rings is 2. The lowest BCUT2D eigenvalue weighted by atomic mass is 9.86. The van der Waals surface area contributed by atoms with E-state index >= 15 is 0 Å². The molecule has 0 spiro atoms. The Kier molecular flexibility index (Phi) is 5.13. The minimum Gasteiger partial charge on any atom is -0.547 e. The Morgan fingerprint density at radius 3 is 2.27 bits per heavy atom. The van der Waals surface area contributed by atoms with Crippen LogP contribution in [0.5, 0.6) is 5.75 Å². The van der Waals surface area contributed by atoms with Gasteiger partial charge in [-0.25, -0.2) is 4.39 Å². The van der Waals surface area contributed by atoms with Gasteiger partial charge < -0.3 is 4.43 Å². The van der Waals surface area contributed by atoms with Crippen molar-refractivity contribution in [1.29, 1.82) is 0 Å². The number of hydrogen-bond donors (Lipinski definition) is 0. The summed E-state index contributed by atoms with van der Waals surface area (Å²) in [6.45, 7) is 10.8. The summed E-state index contributed by atoms with van der Waals surface area (Å²) in [4.78, 5) is 0. The predicted octanol–water partition coefficient (Wildman–Crippen LogP) is 5.91. The zero-order chi connectivity index (χ0) is 16.5. The van der Waals surface area contributed by atoms with Crippen LogP contribution in [0.3, 0.4) is 0 Å². The molecule has 0 aliphatic heterocycles. The highest BCUT2D eigenvalue weighted by molar-refractivity contribution is 9.10. The van der Waals surface area contributed by atoms with Crippen LogP contribution in [0.1, 0.15) is 26.3 Å². The highest BCUT2D eigenvalue weighted by Gasteiger charge is 2.18. The van der Waals surface area contributed by atoms with Gasteiger partial charge in [0.1, 0.15) is 11.6 Å². The second-order valence-electron chi connectivity index (χ2n) is 6.79. The predicted molar refractivity (Wildman–Crippen MR) is 97.7 cm³/mol. The molecular formula is C18H22BrFOSi. The summed E-state index contributed by atoms with van der Waals surface area (Å²) in [6.07, 6.45) is 0. The molecule has 0 amide bonds. The average Bonchev–Trinajstić information content (AvgIpc) is 2.35. The fraction of sp³-hybridized carbons (Fsp3) is 0.333. The van der Waals surface area contributed by atoms with Gasteiger partial charge in [-0.15, -0.1) is 0 Å². The van der Waals surface area contributed by atoms with Crippen molar-refractivity contribution in [3.63, 3.8) is 0 Å². The largest absolute Gasteiger partial charge is 0.547 e. The molecule has 0 aliphatic rings. The average molecular weight is 381 g/mol. The Labute approximate surface area is 142 Å². The smallest absolute Gasteiger partial charge is 0.229 e. The van der Waals surface area contributed by atoms with E-state index in [1.807, 2.05) is 12.1 Å². The summed E-state index contributed by atoms with van der Waals surface area (Å²) in [6, 6.07) is 11.2. The molecule has 0 aliphatic carbocycles. The maximum Gasteiger partial charge on any atom is 0.229 e. The van der Waals surface area contributed by atoms with Crippen LogP contribution < -0.4 is 4.43 Å². The van der Waals surface area contributed by atoms with Crippen molar-refractivity contribution in [3.8, 4) is 16.9 Å². The van der Waals surface area contributed by atoms with Gasteiger partial charge in [0.25, 0.3) is 0 Å². The topological polar surface area (TPSA) is 9.23 Å². The van der Waals surface area contributed by atoms with Gasteiger partial charge in [-0.1, -0.05) is 48.8 Å². The summed E-state index contributed by atoms with van der Waals surface area (Å²) in [5, 5.41) is 0. The van der Waals surface area contributed by atoms with Crippen molar-refractivity contribution in [1.82, 2.24) is 0 Å². The van der Waals surface area contributed by atoms with Gasteiger partial charge in [0.15, 0.2) is 0 Å². The molecule has 0 saturated heterocycles. The van der Waals surface area contributed by atoms with Crippen LogP contribution in [-0.2, 0) is 5.41 Å². The van der Waals surface area contributed by atoms with Crippen molar-refractivity contribution in [2.24, 2.45) is 0 Å². The van der Waals surface area contributed by atoms with Crippen molar-refractivity contribution in [3.05, 3.63) is 52.3 Å². The highest BCUT2D eigenvalue weighted by atomic mass is 79.9. The third-order valence-corrected chi connectivity index (χ3v) is 4.57. The summed E-state index contributed by atoms with van der Waals surface area (Å²) >= 11 is 3.36. The molecule has 2 rings (SSSR count). The third-order valence-electron chi connectivity index (χ3n) is 3.38. The van der Waals surface area contributed by atoms with E-state index in [1.165, 1.54) is 11.6 Å². The standard InChI is InChI=1S/C18H22BrFOSi/c1-18(2,3)13-6-7-16(17(10-13)21-22(4)5)12-8-14(19)11-15(20)9-12/h6-11,22H,1-5H3. The summed E-state index contributed by atoms with van der Waals surface area (Å²) < 4.78 is 20.6. The first-order chi connectivity index (χ1) is 10.2. The quantitative estimate of drug-likeness (QED) is 0.600. The highest BCUT2D eigenvalue weighted by Crippen LogP contribution is 2.36. The SMILES string of the molecule is C[SiH](C)Oc1cc(C(C)(C)C)ccc1-c1cc(F)cc(Br)c1. The Balaban J connectivity index is 2.59. The van der Waals surface area contributed by atoms with Gasteiger partial charge in [0, 0.05) is 10.0 Å². The normalized spacial score (nSPS) is 11.8. The molecule has 0 radical (unpaired) electrons. The van der Waals surface area contributed by atoms with Crippen LogP contribution in [-0.4, -0.2) is 9.04 Å². The molecule has 0 N–H and O–H groups in total. The van der Waals surface area contributed by atoms with E-state index in [0.29, 0.717) is 0 Å². The second kappa shape index (κ2) is 6.55. The molecule has 0 bridgehead atoms. The monoisotopic (exact) mass is 380 g/mol. The zero-order valence-corrected chi connectivity index (χ0v) is 16.4. The molecule has 2 aromatic rings. The molecule has 0 atom stereocenters. The van der Waals surface area contributed by atoms with Gasteiger partial charge in [-0.3, -0.25) is 0 Å². The Bertz CT molecular complexity index is 657. The fourth-order valence-electron chi connectivity index (χ4n) is 2.29. The minimum absolute atomic E-state index is 0.0533. The molecule has 0 saturated carbocycles. The number of rotatable bonds is 3. The Morgan fingerprint density at radius 2 is 1.73 bits per heavy atom. The van der Waals surface area contributed by atoms with Gasteiger partial charge in [0.2, 0.25) is 9.04 Å². The van der Waals surface area contributed by atoms with Crippen molar-refractivity contribution < 1.29 is 8.82 Å². The molecule has 22 heavy (non-hydrogen) atoms. The summed E-state index contributed by atoms with van der Waals surface area (Å²) in [5.41, 5.74) is 3.04. The van der Waals surface area contributed by atoms with Gasteiger partial charge in [-0.05, 0) is 53.9 Å². The lowest BCUT2D eigenvalue weighted by Gasteiger charge is -2.23. The van der Waals surface area contributed by atoms with E-state index in [2.05, 4.69) is 61.9 Å². The minimum atomic E-state index is -1.25. The first-order valence-corrected chi connectivity index (χ1v) is 11.0. The first kappa shape index (κ1) is 17.2. The Morgan fingerprint density at radius 1 is 1.05 bits per heavy atom. The molecular weight excluding hydrogens is 359 g/mol. The van der Waals surface area contributed by atoms with Crippen LogP contribution in [0, 0.1) is 5.82 Å². The zero-order valence-electron chi connectivity index (χ0n) is 13.7. The maximum absolute atomic E-state index is 13.7. The lowest BCUT2D eigenvalue weighted by molar-refractivity contribution is 0.562. The van der Waals surface area contributed by atoms with Crippen molar-refractivity contribution >= 4 is 25.0 Å². The summed E-state index contributed by atoms with van der Waals surface area (Å²) in [7, 11) is -1.25. The molecule has 0 fully saturated rings. The van der Waals surface area contributed by atoms with E-state index in [9.17, 15) is 4.39 Å². The van der Waals surface area contributed by atoms with Gasteiger partial charge in [-0.2, -0.15) is 0 Å². The first-order valence-electron chi connectivity index (χ1n) is 7.44. The van der Waals surface area contributed by atoms with E-state index in [1.54, 1.807) is 6.07 Å². The Hall–Kier alpha value is -1.13. The van der Waals surface area contributed by atoms with Crippen molar-refractivity contribution in [2.75, 3.05) is 0 Å². The van der Waals surface area contributed by atoms with Crippen LogP contribution in [0.15, 0.2) is 40.9 Å². The van der Waals surface area contributed by atoms with E-state index in [4.69, 9.17) is 4.43 Å². The van der Waals surface area contributed by atoms with E-state index in [-0.39, 0.29) is 11.2 Å². The molecule has 1 nitrogen and oxygen atoms in total. The van der Waals surface area contributed by atoms with Crippen LogP contribution in [0.4, 0.5) is 4.39 Å². The number of halogens is 2. The molecule has 118 valence electrons. The number of hydrogen-bond acceptors (Lipinski definition) is 1. The molecule has 0 heterocycles. The van der Waals surface area contributed by atoms with Crippen LogP contribution in [0.2, 0.25) is 13.1 Å². The molecule has 2 aromatic carbocycles. The van der Waals surface area contributed by atoms with Crippen LogP contribution in [0.25, 0.3) is 11.1 Å². The van der Waals surface area contributed by atoms with Crippen LogP contribution >= 0.6 is 15.9 Å². The van der Waals surface area contributed by atoms with Crippen molar-refractivity contribution in [2.45, 2.75) is 39.3 Å². The van der Waals surface area contributed by atoms with E-state index in [0.717, 1.165) is 21.3 Å².